The van der Waals surface area contributed by atoms with Crippen LogP contribution in [-0.2, 0) is 14.3 Å². The van der Waals surface area contributed by atoms with Crippen LogP contribution in [-0.4, -0.2) is 62.5 Å². The fraction of sp³-hybridized carbons (Fsp3) is 0.360. The third-order valence-corrected chi connectivity index (χ3v) is 6.52. The molecule has 2 heterocycles. The Morgan fingerprint density at radius 2 is 1.94 bits per heavy atom. The number of anilines is 1. The Morgan fingerprint density at radius 3 is 2.66 bits per heavy atom. The van der Waals surface area contributed by atoms with Gasteiger partial charge in [0.25, 0.3) is 5.91 Å². The van der Waals surface area contributed by atoms with Crippen molar-refractivity contribution in [3.05, 3.63) is 64.6 Å². The maximum absolute atomic E-state index is 13.2. The van der Waals surface area contributed by atoms with E-state index < -0.39 is 0 Å². The van der Waals surface area contributed by atoms with Gasteiger partial charge in [-0.05, 0) is 66.6 Å². The van der Waals surface area contributed by atoms with Crippen molar-refractivity contribution in [1.82, 2.24) is 4.90 Å². The van der Waals surface area contributed by atoms with E-state index in [9.17, 15) is 4.79 Å². The smallest absolute Gasteiger partial charge is 0.266 e. The lowest BCUT2D eigenvalue weighted by Crippen LogP contribution is -2.36. The molecule has 2 fully saturated rings. The lowest BCUT2D eigenvalue weighted by atomic mass is 10.1. The summed E-state index contributed by atoms with van der Waals surface area (Å²) in [7, 11) is 1.67. The van der Waals surface area contributed by atoms with Crippen LogP contribution in [0.2, 0.25) is 0 Å². The number of hydrogen-bond acceptors (Lipinski definition) is 6. The molecule has 0 saturated carbocycles. The van der Waals surface area contributed by atoms with Crippen molar-refractivity contribution >= 4 is 40.3 Å². The van der Waals surface area contributed by atoms with Gasteiger partial charge >= 0.3 is 0 Å². The maximum Gasteiger partial charge on any atom is 0.266 e. The molecule has 0 bridgehead atoms. The summed E-state index contributed by atoms with van der Waals surface area (Å²) < 4.78 is 10.6. The average molecular weight is 452 g/mol. The topological polar surface area (TPSA) is 54.4 Å². The lowest BCUT2D eigenvalue weighted by Gasteiger charge is -2.29. The highest BCUT2D eigenvalue weighted by molar-refractivity contribution is 8.18. The van der Waals surface area contributed by atoms with E-state index in [-0.39, 0.29) is 5.91 Å². The Morgan fingerprint density at radius 1 is 1.16 bits per heavy atom. The van der Waals surface area contributed by atoms with Crippen molar-refractivity contribution in [3.8, 4) is 0 Å². The zero-order chi connectivity index (χ0) is 22.3. The van der Waals surface area contributed by atoms with Gasteiger partial charge < -0.3 is 14.4 Å². The molecule has 168 valence electrons. The van der Waals surface area contributed by atoms with Gasteiger partial charge in [-0.2, -0.15) is 0 Å². The van der Waals surface area contributed by atoms with Crippen LogP contribution in [0, 0.1) is 6.92 Å². The number of benzene rings is 2. The van der Waals surface area contributed by atoms with Crippen LogP contribution < -0.4 is 4.90 Å². The minimum absolute atomic E-state index is 0.00237. The monoisotopic (exact) mass is 451 g/mol. The molecule has 0 spiro atoms. The first-order valence-corrected chi connectivity index (χ1v) is 11.7. The fourth-order valence-corrected chi connectivity index (χ4v) is 4.77. The standard InChI is InChI=1S/C25H29N3O3S/c1-19-17-22(27-12-15-31-16-13-27)10-9-20(19)18-23-24(29)28(11-6-14-30-2)25(32-23)26-21-7-4-3-5-8-21/h3-5,7-10,17-18H,6,11-16H2,1-2H3/b23-18+,26-25?. The van der Waals surface area contributed by atoms with E-state index in [1.54, 1.807) is 12.0 Å². The minimum Gasteiger partial charge on any atom is -0.385 e. The first kappa shape index (κ1) is 22.6. The number of aryl methyl sites for hydroxylation is 1. The van der Waals surface area contributed by atoms with Gasteiger partial charge in [0.15, 0.2) is 5.17 Å². The third kappa shape index (κ3) is 5.41. The number of hydrogen-bond donors (Lipinski definition) is 0. The Labute approximate surface area is 193 Å². The van der Waals surface area contributed by atoms with E-state index in [4.69, 9.17) is 14.5 Å². The highest BCUT2D eigenvalue weighted by Crippen LogP contribution is 2.35. The molecule has 2 aromatic carbocycles. The quantitative estimate of drug-likeness (QED) is 0.459. The number of para-hydroxylation sites is 1. The summed E-state index contributed by atoms with van der Waals surface area (Å²) in [5.41, 5.74) is 4.24. The van der Waals surface area contributed by atoms with Crippen molar-refractivity contribution in [2.24, 2.45) is 4.99 Å². The van der Waals surface area contributed by atoms with Gasteiger partial charge in [0, 0.05) is 39.0 Å². The SMILES string of the molecule is COCCCN1C(=O)/C(=C\c2ccc(N3CCOCC3)cc2C)SC1=Nc1ccccc1. The van der Waals surface area contributed by atoms with Gasteiger partial charge in [0.05, 0.1) is 23.8 Å². The number of morpholine rings is 1. The van der Waals surface area contributed by atoms with E-state index in [1.807, 2.05) is 36.4 Å². The molecule has 32 heavy (non-hydrogen) atoms. The average Bonchev–Trinajstić information content (AvgIpc) is 3.10. The number of carbonyl (C=O) groups excluding carboxylic acids is 1. The van der Waals surface area contributed by atoms with Crippen molar-refractivity contribution in [3.63, 3.8) is 0 Å². The molecule has 2 saturated heterocycles. The predicted octanol–water partition coefficient (Wildman–Crippen LogP) is 4.47. The molecule has 4 rings (SSSR count). The first-order chi connectivity index (χ1) is 15.7. The van der Waals surface area contributed by atoms with Gasteiger partial charge in [0.2, 0.25) is 0 Å². The van der Waals surface area contributed by atoms with Crippen LogP contribution in [0.4, 0.5) is 11.4 Å². The number of methoxy groups -OCH3 is 1. The number of thioether (sulfide) groups is 1. The molecular weight excluding hydrogens is 422 g/mol. The van der Waals surface area contributed by atoms with Crippen LogP contribution in [0.3, 0.4) is 0 Å². The van der Waals surface area contributed by atoms with E-state index in [2.05, 4.69) is 30.0 Å². The number of rotatable bonds is 7. The number of ether oxygens (including phenoxy) is 2. The molecule has 0 atom stereocenters. The van der Waals surface area contributed by atoms with Crippen molar-refractivity contribution < 1.29 is 14.3 Å². The number of amides is 1. The minimum atomic E-state index is -0.00237. The van der Waals surface area contributed by atoms with E-state index in [1.165, 1.54) is 17.4 Å². The lowest BCUT2D eigenvalue weighted by molar-refractivity contribution is -0.122. The third-order valence-electron chi connectivity index (χ3n) is 5.52. The molecule has 0 unspecified atom stereocenters. The maximum atomic E-state index is 13.2. The summed E-state index contributed by atoms with van der Waals surface area (Å²) in [6.07, 6.45) is 2.75. The molecule has 0 N–H and O–H groups in total. The second-order valence-corrected chi connectivity index (χ2v) is 8.79. The molecule has 2 aromatic rings. The van der Waals surface area contributed by atoms with Gasteiger partial charge in [0.1, 0.15) is 0 Å². The molecular formula is C25H29N3O3S. The van der Waals surface area contributed by atoms with Crippen LogP contribution in [0.1, 0.15) is 17.5 Å². The van der Waals surface area contributed by atoms with Crippen LogP contribution in [0.25, 0.3) is 6.08 Å². The molecule has 2 aliphatic rings. The van der Waals surface area contributed by atoms with Crippen LogP contribution >= 0.6 is 11.8 Å². The zero-order valence-corrected chi connectivity index (χ0v) is 19.4. The second kappa shape index (κ2) is 10.8. The number of carbonyl (C=O) groups is 1. The van der Waals surface area contributed by atoms with Crippen molar-refractivity contribution in [1.29, 1.82) is 0 Å². The van der Waals surface area contributed by atoms with Crippen molar-refractivity contribution in [2.75, 3.05) is 51.5 Å². The molecule has 1 amide bonds. The summed E-state index contributed by atoms with van der Waals surface area (Å²) in [5.74, 6) is -0.00237. The number of aliphatic imine (C=N–C) groups is 1. The second-order valence-electron chi connectivity index (χ2n) is 7.78. The molecule has 0 radical (unpaired) electrons. The zero-order valence-electron chi connectivity index (χ0n) is 18.6. The Kier molecular flexibility index (Phi) is 7.63. The summed E-state index contributed by atoms with van der Waals surface area (Å²) >= 11 is 1.44. The number of nitrogens with zero attached hydrogens (tertiary/aromatic N) is 3. The summed E-state index contributed by atoms with van der Waals surface area (Å²) in [5, 5.41) is 0.714. The molecule has 0 aliphatic carbocycles. The highest BCUT2D eigenvalue weighted by Gasteiger charge is 2.33. The van der Waals surface area contributed by atoms with Gasteiger partial charge in [-0.1, -0.05) is 24.3 Å². The Balaban J connectivity index is 1.58. The summed E-state index contributed by atoms with van der Waals surface area (Å²) in [6.45, 7) is 6.62. The Hall–Kier alpha value is -2.61. The van der Waals surface area contributed by atoms with Crippen LogP contribution in [0.5, 0.6) is 0 Å². The van der Waals surface area contributed by atoms with Gasteiger partial charge in [-0.3, -0.25) is 9.69 Å². The van der Waals surface area contributed by atoms with E-state index in [0.717, 1.165) is 49.5 Å². The summed E-state index contributed by atoms with van der Waals surface area (Å²) in [6, 6.07) is 16.2. The molecule has 6 nitrogen and oxygen atoms in total. The van der Waals surface area contributed by atoms with E-state index in [0.29, 0.717) is 23.2 Å². The summed E-state index contributed by atoms with van der Waals surface area (Å²) in [4.78, 5) is 22.8. The van der Waals surface area contributed by atoms with Crippen LogP contribution in [0.15, 0.2) is 58.4 Å². The molecule has 0 aromatic heterocycles. The Bertz CT molecular complexity index is 1000. The molecule has 2 aliphatic heterocycles. The highest BCUT2D eigenvalue weighted by atomic mass is 32.2. The largest absolute Gasteiger partial charge is 0.385 e. The van der Waals surface area contributed by atoms with Gasteiger partial charge in [-0.25, -0.2) is 4.99 Å². The molecule has 7 heteroatoms. The van der Waals surface area contributed by atoms with Crippen molar-refractivity contribution in [2.45, 2.75) is 13.3 Å². The fourth-order valence-electron chi connectivity index (χ4n) is 3.75. The number of amidine groups is 1. The van der Waals surface area contributed by atoms with Gasteiger partial charge in [-0.15, -0.1) is 0 Å². The predicted molar refractivity (Wildman–Crippen MR) is 132 cm³/mol. The normalized spacial score (nSPS) is 19.4. The van der Waals surface area contributed by atoms with E-state index >= 15 is 0 Å². The first-order valence-electron chi connectivity index (χ1n) is 10.9.